The van der Waals surface area contributed by atoms with Gasteiger partial charge in [0.05, 0.1) is 6.26 Å². The summed E-state index contributed by atoms with van der Waals surface area (Å²) in [5, 5.41) is 0. The first kappa shape index (κ1) is 28.4. The minimum Gasteiger partial charge on any atom is -0.465 e. The molecule has 10 atom stereocenters. The van der Waals surface area contributed by atoms with E-state index in [-0.39, 0.29) is 17.5 Å². The highest BCUT2D eigenvalue weighted by Crippen LogP contribution is 2.77. The van der Waals surface area contributed by atoms with Crippen LogP contribution in [0.25, 0.3) is 6.08 Å². The van der Waals surface area contributed by atoms with Gasteiger partial charge in [0.1, 0.15) is 11.9 Å². The Balaban J connectivity index is 1.25. The van der Waals surface area contributed by atoms with Crippen LogP contribution in [-0.4, -0.2) is 12.1 Å². The van der Waals surface area contributed by atoms with Crippen molar-refractivity contribution in [2.45, 2.75) is 119 Å². The Morgan fingerprint density at radius 3 is 2.40 bits per heavy atom. The molecule has 1 aromatic rings. The molecule has 5 fully saturated rings. The maximum absolute atomic E-state index is 12.8. The molecule has 220 valence electrons. The summed E-state index contributed by atoms with van der Waals surface area (Å²) in [6.45, 7) is 22.3. The number of hydrogen-bond acceptors (Lipinski definition) is 3. The summed E-state index contributed by atoms with van der Waals surface area (Å²) in [6.07, 6.45) is 17.8. The number of carbonyl (C=O) groups is 1. The maximum Gasteiger partial charge on any atom is 0.331 e. The molecule has 5 saturated carbocycles. The standard InChI is InChI=1S/C37H54O3/c1-24(2)26-15-18-34(5)21-22-36(7)27(32(26)34)12-13-29-35(6)19-17-30(33(3,4)28(35)16-20-37(29,36)8)40-31(38)14-11-25-10-9-23-39-25/h9-11,14,23,26-30,32H,1,12-13,15-22H2,2-8H3/b14-11+/t26-,27+,28-,29+,30-,32+,34+,35-,36+,37+/m0/s1. The molecule has 3 nitrogen and oxygen atoms in total. The van der Waals surface area contributed by atoms with Crippen molar-refractivity contribution in [3.8, 4) is 0 Å². The number of furan rings is 1. The summed E-state index contributed by atoms with van der Waals surface area (Å²) in [5.41, 5.74) is 2.97. The monoisotopic (exact) mass is 546 g/mol. The van der Waals surface area contributed by atoms with Crippen molar-refractivity contribution < 1.29 is 13.9 Å². The van der Waals surface area contributed by atoms with Gasteiger partial charge < -0.3 is 9.15 Å². The van der Waals surface area contributed by atoms with Crippen molar-refractivity contribution in [2.24, 2.45) is 56.7 Å². The molecule has 5 aliphatic rings. The van der Waals surface area contributed by atoms with E-state index in [4.69, 9.17) is 9.15 Å². The molecule has 1 aromatic heterocycles. The van der Waals surface area contributed by atoms with Crippen molar-refractivity contribution in [1.29, 1.82) is 0 Å². The zero-order valence-electron chi connectivity index (χ0n) is 26.4. The number of fused-ring (bicyclic) bond motifs is 7. The van der Waals surface area contributed by atoms with Gasteiger partial charge in [-0.3, -0.25) is 0 Å². The molecule has 0 N–H and O–H groups in total. The summed E-state index contributed by atoms with van der Waals surface area (Å²) in [6, 6.07) is 3.69. The fourth-order valence-electron chi connectivity index (χ4n) is 12.4. The van der Waals surface area contributed by atoms with Gasteiger partial charge in [0.15, 0.2) is 0 Å². The molecule has 0 radical (unpaired) electrons. The number of ether oxygens (including phenoxy) is 1. The van der Waals surface area contributed by atoms with E-state index in [9.17, 15) is 4.79 Å². The second-order valence-electron chi connectivity index (χ2n) is 16.5. The van der Waals surface area contributed by atoms with Crippen molar-refractivity contribution in [3.05, 3.63) is 42.4 Å². The molecule has 0 aliphatic heterocycles. The third-order valence-corrected chi connectivity index (χ3v) is 14.6. The molecule has 0 unspecified atom stereocenters. The fraction of sp³-hybridized carbons (Fsp3) is 0.757. The number of hydrogen-bond donors (Lipinski definition) is 0. The highest BCUT2D eigenvalue weighted by Gasteiger charge is 2.70. The van der Waals surface area contributed by atoms with E-state index in [1.807, 2.05) is 12.1 Å². The van der Waals surface area contributed by atoms with Gasteiger partial charge in [0.25, 0.3) is 0 Å². The van der Waals surface area contributed by atoms with Gasteiger partial charge in [-0.2, -0.15) is 0 Å². The summed E-state index contributed by atoms with van der Waals surface area (Å²) in [7, 11) is 0. The highest BCUT2D eigenvalue weighted by molar-refractivity contribution is 5.86. The van der Waals surface area contributed by atoms with Gasteiger partial charge in [-0.15, -0.1) is 0 Å². The lowest BCUT2D eigenvalue weighted by atomic mass is 9.32. The summed E-state index contributed by atoms with van der Waals surface area (Å²) in [4.78, 5) is 12.8. The smallest absolute Gasteiger partial charge is 0.331 e. The van der Waals surface area contributed by atoms with E-state index in [0.29, 0.717) is 39.3 Å². The number of allylic oxidation sites excluding steroid dienone is 1. The van der Waals surface area contributed by atoms with Crippen molar-refractivity contribution in [3.63, 3.8) is 0 Å². The zero-order valence-corrected chi connectivity index (χ0v) is 26.4. The summed E-state index contributed by atoms with van der Waals surface area (Å²) < 4.78 is 11.5. The molecule has 5 aliphatic carbocycles. The van der Waals surface area contributed by atoms with E-state index in [1.165, 1.54) is 63.0 Å². The summed E-state index contributed by atoms with van der Waals surface area (Å²) >= 11 is 0. The second-order valence-corrected chi connectivity index (χ2v) is 16.5. The van der Waals surface area contributed by atoms with Crippen LogP contribution < -0.4 is 0 Å². The highest BCUT2D eigenvalue weighted by atomic mass is 16.5. The molecule has 40 heavy (non-hydrogen) atoms. The van der Waals surface area contributed by atoms with Crippen LogP contribution in [0.15, 0.2) is 41.0 Å². The third kappa shape index (κ3) is 3.91. The number of rotatable bonds is 4. The van der Waals surface area contributed by atoms with Crippen LogP contribution in [0.5, 0.6) is 0 Å². The van der Waals surface area contributed by atoms with Crippen LogP contribution in [0.3, 0.4) is 0 Å². The molecule has 0 saturated heterocycles. The Morgan fingerprint density at radius 2 is 1.70 bits per heavy atom. The van der Waals surface area contributed by atoms with E-state index in [0.717, 1.165) is 30.6 Å². The van der Waals surface area contributed by atoms with Crippen LogP contribution in [0.1, 0.15) is 118 Å². The molecular weight excluding hydrogens is 492 g/mol. The molecule has 3 heteroatoms. The van der Waals surface area contributed by atoms with Gasteiger partial charge in [-0.05, 0) is 141 Å². The average molecular weight is 547 g/mol. The topological polar surface area (TPSA) is 39.4 Å². The molecule has 0 amide bonds. The molecular formula is C37H54O3. The maximum atomic E-state index is 12.8. The lowest BCUT2D eigenvalue weighted by Gasteiger charge is -2.73. The van der Waals surface area contributed by atoms with Gasteiger partial charge >= 0.3 is 5.97 Å². The van der Waals surface area contributed by atoms with Crippen LogP contribution in [-0.2, 0) is 9.53 Å². The van der Waals surface area contributed by atoms with Gasteiger partial charge in [0.2, 0.25) is 0 Å². The minimum atomic E-state index is -0.249. The Labute approximate surface area is 243 Å². The number of esters is 1. The Hall–Kier alpha value is -1.77. The molecule has 0 spiro atoms. The first-order valence-electron chi connectivity index (χ1n) is 16.3. The van der Waals surface area contributed by atoms with Crippen molar-refractivity contribution in [1.82, 2.24) is 0 Å². The first-order valence-corrected chi connectivity index (χ1v) is 16.3. The quantitative estimate of drug-likeness (QED) is 0.214. The predicted molar refractivity (Wildman–Crippen MR) is 162 cm³/mol. The summed E-state index contributed by atoms with van der Waals surface area (Å²) in [5.74, 6) is 4.09. The third-order valence-electron chi connectivity index (χ3n) is 14.6. The lowest BCUT2D eigenvalue weighted by molar-refractivity contribution is -0.248. The van der Waals surface area contributed by atoms with E-state index in [1.54, 1.807) is 12.3 Å². The first-order chi connectivity index (χ1) is 18.8. The molecule has 6 rings (SSSR count). The molecule has 0 aromatic carbocycles. The van der Waals surface area contributed by atoms with Crippen LogP contribution in [0.2, 0.25) is 0 Å². The van der Waals surface area contributed by atoms with Crippen LogP contribution in [0, 0.1) is 56.7 Å². The molecule has 1 heterocycles. The minimum absolute atomic E-state index is 0.0398. The Bertz CT molecular complexity index is 1180. The normalized spacial score (nSPS) is 47.6. The van der Waals surface area contributed by atoms with Crippen molar-refractivity contribution in [2.75, 3.05) is 0 Å². The Kier molecular flexibility index (Phi) is 6.64. The van der Waals surface area contributed by atoms with E-state index in [2.05, 4.69) is 55.0 Å². The molecule has 0 bridgehead atoms. The van der Waals surface area contributed by atoms with Crippen LogP contribution >= 0.6 is 0 Å². The van der Waals surface area contributed by atoms with E-state index >= 15 is 0 Å². The van der Waals surface area contributed by atoms with Gasteiger partial charge in [-0.25, -0.2) is 4.79 Å². The van der Waals surface area contributed by atoms with E-state index < -0.39 is 0 Å². The van der Waals surface area contributed by atoms with Crippen LogP contribution in [0.4, 0.5) is 0 Å². The zero-order chi connectivity index (χ0) is 28.7. The SMILES string of the molecule is C=C(C)[C@@H]1CC[C@]2(C)CC[C@]3(C)[C@H](CC[C@@H]4[C@@]5(C)CC[C@H](OC(=O)/C=C/c6ccco6)C(C)(C)[C@@H]5CC[C@]43C)[C@@H]12. The predicted octanol–water partition coefficient (Wildman–Crippen LogP) is 9.88. The second kappa shape index (κ2) is 9.37. The lowest BCUT2D eigenvalue weighted by Crippen LogP contribution is -2.66. The number of carbonyl (C=O) groups excluding carboxylic acids is 1. The average Bonchev–Trinajstić information content (AvgIpc) is 3.53. The fourth-order valence-corrected chi connectivity index (χ4v) is 12.4. The van der Waals surface area contributed by atoms with Gasteiger partial charge in [-0.1, -0.05) is 53.7 Å². The largest absolute Gasteiger partial charge is 0.465 e. The van der Waals surface area contributed by atoms with Crippen molar-refractivity contribution >= 4 is 12.0 Å². The van der Waals surface area contributed by atoms with Gasteiger partial charge in [0, 0.05) is 11.5 Å². The Morgan fingerprint density at radius 1 is 0.925 bits per heavy atom.